The van der Waals surface area contributed by atoms with Gasteiger partial charge in [0.15, 0.2) is 0 Å². The number of nitrogens with zero attached hydrogens (tertiary/aromatic N) is 1. The van der Waals surface area contributed by atoms with Gasteiger partial charge in [-0.25, -0.2) is 4.84 Å². The summed E-state index contributed by atoms with van der Waals surface area (Å²) in [6.45, 7) is 2.47. The van der Waals surface area contributed by atoms with Crippen LogP contribution in [-0.2, 0) is 6.61 Å². The molecule has 0 saturated carbocycles. The highest BCUT2D eigenvalue weighted by molar-refractivity contribution is 6.13. The van der Waals surface area contributed by atoms with Crippen LogP contribution in [0.3, 0.4) is 0 Å². The Morgan fingerprint density at radius 3 is 2.61 bits per heavy atom. The summed E-state index contributed by atoms with van der Waals surface area (Å²) in [6, 6.07) is 13.7. The van der Waals surface area contributed by atoms with Crippen LogP contribution < -0.4 is 9.57 Å². The SMILES string of the molecule is CC(NCl)c1ccc(OCc2ccccn2)cc1. The third-order valence-electron chi connectivity index (χ3n) is 2.66. The minimum Gasteiger partial charge on any atom is -0.487 e. The van der Waals surface area contributed by atoms with Crippen LogP contribution in [0.4, 0.5) is 0 Å². The van der Waals surface area contributed by atoms with Gasteiger partial charge in [0.25, 0.3) is 0 Å². The Morgan fingerprint density at radius 2 is 2.00 bits per heavy atom. The molecule has 0 bridgehead atoms. The van der Waals surface area contributed by atoms with Crippen LogP contribution in [0.2, 0.25) is 0 Å². The van der Waals surface area contributed by atoms with Crippen LogP contribution in [0.1, 0.15) is 24.2 Å². The maximum atomic E-state index is 5.64. The Labute approximate surface area is 112 Å². The summed E-state index contributed by atoms with van der Waals surface area (Å²) in [4.78, 5) is 6.88. The first-order chi connectivity index (χ1) is 8.79. The van der Waals surface area contributed by atoms with E-state index in [4.69, 9.17) is 16.5 Å². The Bertz CT molecular complexity index is 473. The van der Waals surface area contributed by atoms with Crippen LogP contribution in [0.5, 0.6) is 5.75 Å². The second-order valence-corrected chi connectivity index (χ2v) is 4.23. The van der Waals surface area contributed by atoms with Gasteiger partial charge in [0, 0.05) is 12.2 Å². The predicted octanol–water partition coefficient (Wildman–Crippen LogP) is 3.47. The summed E-state index contributed by atoms with van der Waals surface area (Å²) in [6.07, 6.45) is 1.76. The molecule has 2 aromatic rings. The van der Waals surface area contributed by atoms with Crippen molar-refractivity contribution in [1.29, 1.82) is 0 Å². The number of hydrogen-bond donors (Lipinski definition) is 1. The number of pyridine rings is 1. The van der Waals surface area contributed by atoms with Crippen molar-refractivity contribution < 1.29 is 4.74 Å². The van der Waals surface area contributed by atoms with E-state index < -0.39 is 0 Å². The maximum absolute atomic E-state index is 5.64. The summed E-state index contributed by atoms with van der Waals surface area (Å²) in [5, 5.41) is 0. The normalized spacial score (nSPS) is 12.1. The van der Waals surface area contributed by atoms with E-state index in [1.165, 1.54) is 0 Å². The van der Waals surface area contributed by atoms with Gasteiger partial charge in [-0.3, -0.25) is 4.98 Å². The number of rotatable bonds is 5. The molecule has 1 N–H and O–H groups in total. The molecule has 1 aromatic heterocycles. The molecule has 0 saturated heterocycles. The molecule has 0 radical (unpaired) electrons. The second kappa shape index (κ2) is 6.38. The fourth-order valence-corrected chi connectivity index (χ4v) is 1.68. The summed E-state index contributed by atoms with van der Waals surface area (Å²) in [7, 11) is 0. The quantitative estimate of drug-likeness (QED) is 0.838. The average Bonchev–Trinajstić information content (AvgIpc) is 2.46. The maximum Gasteiger partial charge on any atom is 0.130 e. The van der Waals surface area contributed by atoms with Crippen LogP contribution in [0.25, 0.3) is 0 Å². The average molecular weight is 263 g/mol. The molecular weight excluding hydrogens is 248 g/mol. The number of nitrogens with one attached hydrogen (secondary N) is 1. The van der Waals surface area contributed by atoms with Crippen molar-refractivity contribution in [2.24, 2.45) is 0 Å². The molecule has 1 unspecified atom stereocenters. The van der Waals surface area contributed by atoms with E-state index in [-0.39, 0.29) is 6.04 Å². The number of benzene rings is 1. The van der Waals surface area contributed by atoms with E-state index in [1.807, 2.05) is 49.4 Å². The molecule has 3 nitrogen and oxygen atoms in total. The predicted molar refractivity (Wildman–Crippen MR) is 72.4 cm³/mol. The van der Waals surface area contributed by atoms with Crippen molar-refractivity contribution in [3.8, 4) is 5.75 Å². The van der Waals surface area contributed by atoms with Crippen molar-refractivity contribution >= 4 is 11.8 Å². The van der Waals surface area contributed by atoms with Gasteiger partial charge in [0.05, 0.1) is 5.69 Å². The van der Waals surface area contributed by atoms with Gasteiger partial charge in [-0.1, -0.05) is 18.2 Å². The molecule has 0 fully saturated rings. The van der Waals surface area contributed by atoms with Crippen molar-refractivity contribution in [3.05, 3.63) is 59.9 Å². The Hall–Kier alpha value is -1.58. The molecule has 0 aliphatic rings. The standard InChI is InChI=1S/C14H15ClN2O/c1-11(17-15)12-5-7-14(8-6-12)18-10-13-4-2-3-9-16-13/h2-9,11,17H,10H2,1H3. The van der Waals surface area contributed by atoms with Gasteiger partial charge in [0.2, 0.25) is 0 Å². The zero-order valence-electron chi connectivity index (χ0n) is 10.1. The minimum absolute atomic E-state index is 0.122. The van der Waals surface area contributed by atoms with Crippen molar-refractivity contribution in [2.75, 3.05) is 0 Å². The van der Waals surface area contributed by atoms with Gasteiger partial charge < -0.3 is 4.74 Å². The fourth-order valence-electron chi connectivity index (χ4n) is 1.56. The van der Waals surface area contributed by atoms with E-state index >= 15 is 0 Å². The second-order valence-electron chi connectivity index (χ2n) is 4.01. The minimum atomic E-state index is 0.122. The number of ether oxygens (including phenoxy) is 1. The van der Waals surface area contributed by atoms with E-state index in [1.54, 1.807) is 6.20 Å². The molecule has 0 amide bonds. The molecule has 0 spiro atoms. The number of hydrogen-bond acceptors (Lipinski definition) is 3. The molecule has 0 aliphatic heterocycles. The summed E-state index contributed by atoms with van der Waals surface area (Å²) < 4.78 is 5.64. The van der Waals surface area contributed by atoms with Crippen LogP contribution in [0.15, 0.2) is 48.7 Å². The molecule has 1 heterocycles. The third-order valence-corrected chi connectivity index (χ3v) is 2.98. The molecule has 1 atom stereocenters. The van der Waals surface area contributed by atoms with E-state index in [0.29, 0.717) is 6.61 Å². The first kappa shape index (κ1) is 12.9. The zero-order chi connectivity index (χ0) is 12.8. The van der Waals surface area contributed by atoms with Crippen LogP contribution >= 0.6 is 11.8 Å². The fraction of sp³-hybridized carbons (Fsp3) is 0.214. The van der Waals surface area contributed by atoms with Crippen molar-refractivity contribution in [2.45, 2.75) is 19.6 Å². The Morgan fingerprint density at radius 1 is 1.22 bits per heavy atom. The van der Waals surface area contributed by atoms with Gasteiger partial charge >= 0.3 is 0 Å². The van der Waals surface area contributed by atoms with Gasteiger partial charge in [0.1, 0.15) is 12.4 Å². The third kappa shape index (κ3) is 3.45. The smallest absolute Gasteiger partial charge is 0.130 e. The molecule has 1 aromatic carbocycles. The molecule has 18 heavy (non-hydrogen) atoms. The number of aromatic nitrogens is 1. The molecular formula is C14H15ClN2O. The van der Waals surface area contributed by atoms with Gasteiger partial charge in [-0.15, -0.1) is 0 Å². The lowest BCUT2D eigenvalue weighted by atomic mass is 10.1. The van der Waals surface area contributed by atoms with Gasteiger partial charge in [-0.05, 0) is 48.5 Å². The lowest BCUT2D eigenvalue weighted by Crippen LogP contribution is -2.06. The number of halogens is 1. The molecule has 94 valence electrons. The van der Waals surface area contributed by atoms with Crippen molar-refractivity contribution in [1.82, 2.24) is 9.82 Å². The first-order valence-corrected chi connectivity index (χ1v) is 6.16. The Balaban J connectivity index is 1.94. The van der Waals surface area contributed by atoms with E-state index in [2.05, 4.69) is 9.82 Å². The zero-order valence-corrected chi connectivity index (χ0v) is 10.9. The van der Waals surface area contributed by atoms with E-state index in [0.717, 1.165) is 17.0 Å². The van der Waals surface area contributed by atoms with Crippen LogP contribution in [-0.4, -0.2) is 4.98 Å². The monoisotopic (exact) mass is 262 g/mol. The summed E-state index contributed by atoms with van der Waals surface area (Å²) in [5.41, 5.74) is 2.03. The van der Waals surface area contributed by atoms with Crippen molar-refractivity contribution in [3.63, 3.8) is 0 Å². The van der Waals surface area contributed by atoms with Crippen LogP contribution in [0, 0.1) is 0 Å². The lowest BCUT2D eigenvalue weighted by molar-refractivity contribution is 0.301. The molecule has 0 aliphatic carbocycles. The van der Waals surface area contributed by atoms with E-state index in [9.17, 15) is 0 Å². The Kier molecular flexibility index (Phi) is 4.56. The molecule has 4 heteroatoms. The van der Waals surface area contributed by atoms with Gasteiger partial charge in [-0.2, -0.15) is 0 Å². The highest BCUT2D eigenvalue weighted by atomic mass is 35.5. The highest BCUT2D eigenvalue weighted by Gasteiger charge is 2.03. The first-order valence-electron chi connectivity index (χ1n) is 5.78. The highest BCUT2D eigenvalue weighted by Crippen LogP contribution is 2.18. The summed E-state index contributed by atoms with van der Waals surface area (Å²) >= 11 is 5.58. The molecule has 2 rings (SSSR count). The topological polar surface area (TPSA) is 34.1 Å². The largest absolute Gasteiger partial charge is 0.487 e. The lowest BCUT2D eigenvalue weighted by Gasteiger charge is -2.10. The summed E-state index contributed by atoms with van der Waals surface area (Å²) in [5.74, 6) is 0.825.